The van der Waals surface area contributed by atoms with Gasteiger partial charge in [-0.25, -0.2) is 13.1 Å². The fraction of sp³-hybridized carbons (Fsp3) is 1.00. The third-order valence-corrected chi connectivity index (χ3v) is 2.15. The van der Waals surface area contributed by atoms with Crippen molar-refractivity contribution in [2.45, 2.75) is 46.6 Å². The first kappa shape index (κ1) is 11.9. The lowest BCUT2D eigenvalue weighted by Gasteiger charge is -2.31. The Kier molecular flexibility index (Phi) is 3.72. The predicted octanol–water partition coefficient (Wildman–Crippen LogP) is 1.32. The van der Waals surface area contributed by atoms with Crippen LogP contribution in [0.15, 0.2) is 0 Å². The molecule has 0 bridgehead atoms. The number of hydrogen-bond acceptors (Lipinski definition) is 2. The Morgan fingerprint density at radius 3 is 1.75 bits per heavy atom. The smallest absolute Gasteiger partial charge is 0.201 e. The standard InChI is InChI=1S/C8H19NO2S/c1-7(2,3)6-8(4,5)9-12(10)11/h12H,6H2,1-5H3,(H,9,10,11). The van der Waals surface area contributed by atoms with Crippen LogP contribution < -0.4 is 4.72 Å². The second kappa shape index (κ2) is 3.75. The van der Waals surface area contributed by atoms with E-state index in [1.165, 1.54) is 0 Å². The van der Waals surface area contributed by atoms with Crippen molar-refractivity contribution in [2.75, 3.05) is 0 Å². The van der Waals surface area contributed by atoms with E-state index in [0.717, 1.165) is 6.42 Å². The molecule has 0 saturated heterocycles. The third kappa shape index (κ3) is 6.61. The maximum Gasteiger partial charge on any atom is 0.201 e. The topological polar surface area (TPSA) is 46.2 Å². The second-order valence-corrected chi connectivity index (χ2v) is 5.73. The summed E-state index contributed by atoms with van der Waals surface area (Å²) >= 11 is 0. The first-order valence-corrected chi connectivity index (χ1v) is 5.22. The third-order valence-electron chi connectivity index (χ3n) is 1.37. The van der Waals surface area contributed by atoms with Crippen LogP contribution >= 0.6 is 0 Å². The first-order chi connectivity index (χ1) is 5.12. The first-order valence-electron chi connectivity index (χ1n) is 4.05. The van der Waals surface area contributed by atoms with Crippen LogP contribution in [0.5, 0.6) is 0 Å². The molecule has 0 aliphatic rings. The van der Waals surface area contributed by atoms with Gasteiger partial charge in [0.15, 0.2) is 0 Å². The highest BCUT2D eigenvalue weighted by atomic mass is 32.2. The lowest BCUT2D eigenvalue weighted by Crippen LogP contribution is -2.41. The minimum atomic E-state index is -2.49. The van der Waals surface area contributed by atoms with Gasteiger partial charge in [-0.05, 0) is 25.7 Å². The quantitative estimate of drug-likeness (QED) is 0.664. The second-order valence-electron chi connectivity index (χ2n) is 4.99. The molecular formula is C8H19NO2S. The molecule has 0 rings (SSSR count). The van der Waals surface area contributed by atoms with E-state index in [0.29, 0.717) is 0 Å². The Morgan fingerprint density at radius 1 is 1.08 bits per heavy atom. The lowest BCUT2D eigenvalue weighted by molar-refractivity contribution is 0.271. The normalized spacial score (nSPS) is 13.8. The maximum atomic E-state index is 10.4. The van der Waals surface area contributed by atoms with Gasteiger partial charge in [0.05, 0.1) is 0 Å². The van der Waals surface area contributed by atoms with Crippen LogP contribution in [-0.4, -0.2) is 14.0 Å². The van der Waals surface area contributed by atoms with E-state index in [1.807, 2.05) is 13.8 Å². The van der Waals surface area contributed by atoms with Gasteiger partial charge in [0, 0.05) is 5.54 Å². The molecule has 74 valence electrons. The van der Waals surface area contributed by atoms with Gasteiger partial charge < -0.3 is 0 Å². The van der Waals surface area contributed by atoms with E-state index in [4.69, 9.17) is 0 Å². The molecule has 4 heteroatoms. The molecule has 0 aliphatic heterocycles. The summed E-state index contributed by atoms with van der Waals surface area (Å²) in [5.74, 6) is 0. The molecule has 0 aliphatic carbocycles. The molecule has 0 saturated carbocycles. The number of nitrogens with one attached hydrogen (secondary N) is 1. The highest BCUT2D eigenvalue weighted by Gasteiger charge is 2.25. The fourth-order valence-corrected chi connectivity index (χ4v) is 2.19. The van der Waals surface area contributed by atoms with Crippen molar-refractivity contribution >= 4 is 10.9 Å². The molecular weight excluding hydrogens is 174 g/mol. The molecule has 0 heterocycles. The molecule has 0 fully saturated rings. The summed E-state index contributed by atoms with van der Waals surface area (Å²) < 4.78 is 23.4. The van der Waals surface area contributed by atoms with Gasteiger partial charge in [0.1, 0.15) is 0 Å². The van der Waals surface area contributed by atoms with Gasteiger partial charge in [0.2, 0.25) is 10.9 Å². The summed E-state index contributed by atoms with van der Waals surface area (Å²) in [5, 5.41) is 0. The number of rotatable bonds is 3. The van der Waals surface area contributed by atoms with Gasteiger partial charge in [-0.1, -0.05) is 20.8 Å². The molecule has 1 N–H and O–H groups in total. The lowest BCUT2D eigenvalue weighted by atomic mass is 9.82. The van der Waals surface area contributed by atoms with Crippen molar-refractivity contribution in [3.63, 3.8) is 0 Å². The Morgan fingerprint density at radius 2 is 1.50 bits per heavy atom. The van der Waals surface area contributed by atoms with Gasteiger partial charge in [0.25, 0.3) is 0 Å². The Bertz CT molecular complexity index is 206. The van der Waals surface area contributed by atoms with Crippen molar-refractivity contribution in [3.05, 3.63) is 0 Å². The van der Waals surface area contributed by atoms with Crippen molar-refractivity contribution in [1.29, 1.82) is 0 Å². The van der Waals surface area contributed by atoms with E-state index >= 15 is 0 Å². The molecule has 0 unspecified atom stereocenters. The average Bonchev–Trinajstić information content (AvgIpc) is 1.48. The zero-order valence-corrected chi connectivity index (χ0v) is 9.37. The van der Waals surface area contributed by atoms with Gasteiger partial charge >= 0.3 is 0 Å². The van der Waals surface area contributed by atoms with Crippen LogP contribution in [0, 0.1) is 5.41 Å². The Balaban J connectivity index is 4.22. The molecule has 0 aromatic heterocycles. The van der Waals surface area contributed by atoms with Crippen molar-refractivity contribution in [2.24, 2.45) is 5.41 Å². The van der Waals surface area contributed by atoms with E-state index in [1.54, 1.807) is 0 Å². The minimum absolute atomic E-state index is 0.141. The van der Waals surface area contributed by atoms with Crippen LogP contribution in [0.3, 0.4) is 0 Å². The number of thiol groups is 1. The summed E-state index contributed by atoms with van der Waals surface area (Å²) in [6, 6.07) is 0. The van der Waals surface area contributed by atoms with E-state index in [2.05, 4.69) is 25.5 Å². The largest absolute Gasteiger partial charge is 0.215 e. The molecule has 0 radical (unpaired) electrons. The van der Waals surface area contributed by atoms with Crippen LogP contribution in [0.1, 0.15) is 41.0 Å². The van der Waals surface area contributed by atoms with Crippen LogP contribution in [0.4, 0.5) is 0 Å². The molecule has 0 spiro atoms. The van der Waals surface area contributed by atoms with E-state index in [-0.39, 0.29) is 11.0 Å². The van der Waals surface area contributed by atoms with Crippen LogP contribution in [0.25, 0.3) is 0 Å². The van der Waals surface area contributed by atoms with Crippen molar-refractivity contribution in [3.8, 4) is 0 Å². The average molecular weight is 193 g/mol. The van der Waals surface area contributed by atoms with Gasteiger partial charge in [-0.3, -0.25) is 0 Å². The van der Waals surface area contributed by atoms with Crippen molar-refractivity contribution in [1.82, 2.24) is 4.72 Å². The fourth-order valence-electron chi connectivity index (χ4n) is 1.61. The molecule has 0 amide bonds. The van der Waals surface area contributed by atoms with E-state index in [9.17, 15) is 8.42 Å². The summed E-state index contributed by atoms with van der Waals surface area (Å²) in [6.45, 7) is 10.1. The van der Waals surface area contributed by atoms with E-state index < -0.39 is 10.9 Å². The summed E-state index contributed by atoms with van der Waals surface area (Å²) in [5.41, 5.74) is -0.199. The summed E-state index contributed by atoms with van der Waals surface area (Å²) in [7, 11) is -2.49. The van der Waals surface area contributed by atoms with Gasteiger partial charge in [-0.2, -0.15) is 0 Å². The minimum Gasteiger partial charge on any atom is -0.215 e. The molecule has 12 heavy (non-hydrogen) atoms. The highest BCUT2D eigenvalue weighted by Crippen LogP contribution is 2.26. The molecule has 0 atom stereocenters. The zero-order chi connectivity index (χ0) is 9.99. The molecule has 0 aromatic carbocycles. The SMILES string of the molecule is CC(C)(C)CC(C)(C)N[SH](=O)=O. The Hall–Kier alpha value is -0.0900. The molecule has 3 nitrogen and oxygen atoms in total. The van der Waals surface area contributed by atoms with Crippen LogP contribution in [-0.2, 0) is 10.9 Å². The maximum absolute atomic E-state index is 10.4. The van der Waals surface area contributed by atoms with Crippen LogP contribution in [0.2, 0.25) is 0 Å². The molecule has 0 aromatic rings. The van der Waals surface area contributed by atoms with Crippen molar-refractivity contribution < 1.29 is 8.42 Å². The number of hydrogen-bond donors (Lipinski definition) is 2. The summed E-state index contributed by atoms with van der Waals surface area (Å²) in [6.07, 6.45) is 0.823. The Labute approximate surface area is 76.6 Å². The monoisotopic (exact) mass is 193 g/mol. The predicted molar refractivity (Wildman–Crippen MR) is 51.6 cm³/mol. The highest BCUT2D eigenvalue weighted by molar-refractivity contribution is 7.70. The van der Waals surface area contributed by atoms with Gasteiger partial charge in [-0.15, -0.1) is 0 Å². The zero-order valence-electron chi connectivity index (χ0n) is 8.47. The summed E-state index contributed by atoms with van der Waals surface area (Å²) in [4.78, 5) is 0.